The van der Waals surface area contributed by atoms with Crippen molar-refractivity contribution in [3.8, 4) is 0 Å². The van der Waals surface area contributed by atoms with E-state index in [-0.39, 0.29) is 9.70 Å². The van der Waals surface area contributed by atoms with Gasteiger partial charge in [0.2, 0.25) is 0 Å². The fraction of sp³-hybridized carbons (Fsp3) is 0.917. The quantitative estimate of drug-likeness (QED) is 0.363. The minimum atomic E-state index is 0.179. The van der Waals surface area contributed by atoms with Crippen LogP contribution >= 0.6 is 24.4 Å². The highest BCUT2D eigenvalue weighted by Gasteiger charge is 2.05. The number of thiol groups is 1. The largest absolute Gasteiger partial charge is 0.288 e. The summed E-state index contributed by atoms with van der Waals surface area (Å²) in [4.78, 5) is 10.8. The van der Waals surface area contributed by atoms with Crippen molar-refractivity contribution in [2.75, 3.05) is 0 Å². The summed E-state index contributed by atoms with van der Waals surface area (Å²) in [6.07, 6.45) is 10.3. The Morgan fingerprint density at radius 3 is 2.20 bits per heavy atom. The number of carbonyl (C=O) groups excluding carboxylic acids is 1. The molecule has 0 spiro atoms. The Morgan fingerprint density at radius 2 is 1.67 bits per heavy atom. The first-order valence-electron chi connectivity index (χ1n) is 6.02. The Hall–Kier alpha value is 0.370. The van der Waals surface area contributed by atoms with E-state index in [2.05, 4.69) is 19.6 Å². The normalized spacial score (nSPS) is 12.7. The minimum absolute atomic E-state index is 0.179. The van der Waals surface area contributed by atoms with Crippen molar-refractivity contribution in [2.45, 2.75) is 69.8 Å². The first-order valence-corrected chi connectivity index (χ1v) is 7.41. The molecule has 0 bridgehead atoms. The summed E-state index contributed by atoms with van der Waals surface area (Å²) >= 11 is 5.72. The van der Waals surface area contributed by atoms with E-state index in [0.29, 0.717) is 0 Å². The van der Waals surface area contributed by atoms with Crippen LogP contribution < -0.4 is 0 Å². The molecule has 0 aromatic rings. The van der Waals surface area contributed by atoms with Gasteiger partial charge in [-0.2, -0.15) is 12.6 Å². The number of hydrogen-bond acceptors (Lipinski definition) is 3. The van der Waals surface area contributed by atoms with E-state index in [0.717, 1.165) is 6.42 Å². The molecule has 15 heavy (non-hydrogen) atoms. The molecule has 0 aliphatic heterocycles. The van der Waals surface area contributed by atoms with Crippen LogP contribution in [0.3, 0.4) is 0 Å². The van der Waals surface area contributed by atoms with Gasteiger partial charge in [-0.25, -0.2) is 0 Å². The molecule has 3 heteroatoms. The van der Waals surface area contributed by atoms with Crippen LogP contribution in [-0.2, 0) is 4.79 Å². The highest BCUT2D eigenvalue weighted by molar-refractivity contribution is 8.20. The summed E-state index contributed by atoms with van der Waals surface area (Å²) < 4.78 is 0.207. The van der Waals surface area contributed by atoms with Gasteiger partial charge in [-0.05, 0) is 6.42 Å². The Balaban J connectivity index is 3.13. The van der Waals surface area contributed by atoms with Crippen molar-refractivity contribution in [3.05, 3.63) is 0 Å². The lowest BCUT2D eigenvalue weighted by Gasteiger charge is -2.07. The van der Waals surface area contributed by atoms with Gasteiger partial charge in [0.25, 0.3) is 0 Å². The lowest BCUT2D eigenvalue weighted by Crippen LogP contribution is -1.96. The highest BCUT2D eigenvalue weighted by Crippen LogP contribution is 2.22. The van der Waals surface area contributed by atoms with E-state index in [9.17, 15) is 4.79 Å². The van der Waals surface area contributed by atoms with Gasteiger partial charge in [-0.1, -0.05) is 63.6 Å². The number of rotatable bonds is 9. The summed E-state index contributed by atoms with van der Waals surface area (Å²) in [5, 5.41) is 0.179. The van der Waals surface area contributed by atoms with E-state index in [1.807, 2.05) is 0 Å². The third-order valence-electron chi connectivity index (χ3n) is 2.36. The number of hydrogen-bond donors (Lipinski definition) is 1. The Morgan fingerprint density at radius 1 is 1.13 bits per heavy atom. The van der Waals surface area contributed by atoms with E-state index in [1.54, 1.807) is 6.92 Å². The average Bonchev–Trinajstić information content (AvgIpc) is 2.15. The van der Waals surface area contributed by atoms with Crippen molar-refractivity contribution < 1.29 is 4.79 Å². The molecule has 0 saturated carbocycles. The summed E-state index contributed by atoms with van der Waals surface area (Å²) in [5.74, 6) is 0. The molecule has 1 atom stereocenters. The van der Waals surface area contributed by atoms with E-state index >= 15 is 0 Å². The van der Waals surface area contributed by atoms with Gasteiger partial charge >= 0.3 is 0 Å². The first-order chi connectivity index (χ1) is 7.16. The average molecular weight is 248 g/mol. The predicted molar refractivity (Wildman–Crippen MR) is 73.7 cm³/mol. The zero-order valence-electron chi connectivity index (χ0n) is 10.00. The van der Waals surface area contributed by atoms with Gasteiger partial charge in [0.15, 0.2) is 5.12 Å². The SMILES string of the molecule is CCCCCCCCCC(S)SC(C)=O. The van der Waals surface area contributed by atoms with Crippen LogP contribution in [0.2, 0.25) is 0 Å². The molecule has 0 aliphatic carbocycles. The zero-order valence-corrected chi connectivity index (χ0v) is 11.7. The number of carbonyl (C=O) groups is 1. The Bertz CT molecular complexity index is 160. The zero-order chi connectivity index (χ0) is 11.5. The van der Waals surface area contributed by atoms with Crippen LogP contribution in [-0.4, -0.2) is 9.70 Å². The lowest BCUT2D eigenvalue weighted by molar-refractivity contribution is -0.109. The second kappa shape index (κ2) is 10.9. The van der Waals surface area contributed by atoms with Gasteiger partial charge in [0, 0.05) is 6.92 Å². The van der Waals surface area contributed by atoms with E-state index in [1.165, 1.54) is 56.7 Å². The van der Waals surface area contributed by atoms with Gasteiger partial charge in [0.05, 0.1) is 4.58 Å². The third-order valence-corrected chi connectivity index (χ3v) is 3.77. The summed E-state index contributed by atoms with van der Waals surface area (Å²) in [7, 11) is 0. The minimum Gasteiger partial charge on any atom is -0.288 e. The Kier molecular flexibility index (Phi) is 11.1. The van der Waals surface area contributed by atoms with Crippen molar-refractivity contribution in [1.82, 2.24) is 0 Å². The fourth-order valence-electron chi connectivity index (χ4n) is 1.53. The maximum atomic E-state index is 10.8. The second-order valence-electron chi connectivity index (χ2n) is 3.97. The fourth-order valence-corrected chi connectivity index (χ4v) is 2.82. The lowest BCUT2D eigenvalue weighted by atomic mass is 10.1. The summed E-state index contributed by atoms with van der Waals surface area (Å²) in [6.45, 7) is 3.85. The van der Waals surface area contributed by atoms with Gasteiger partial charge < -0.3 is 0 Å². The maximum absolute atomic E-state index is 10.8. The monoisotopic (exact) mass is 248 g/mol. The third kappa shape index (κ3) is 12.3. The van der Waals surface area contributed by atoms with Gasteiger partial charge in [-0.15, -0.1) is 0 Å². The molecule has 0 amide bonds. The van der Waals surface area contributed by atoms with Crippen molar-refractivity contribution in [1.29, 1.82) is 0 Å². The van der Waals surface area contributed by atoms with Crippen molar-refractivity contribution in [2.24, 2.45) is 0 Å². The maximum Gasteiger partial charge on any atom is 0.186 e. The van der Waals surface area contributed by atoms with Crippen LogP contribution in [0, 0.1) is 0 Å². The molecule has 0 aromatic carbocycles. The summed E-state index contributed by atoms with van der Waals surface area (Å²) in [5.41, 5.74) is 0. The topological polar surface area (TPSA) is 17.1 Å². The summed E-state index contributed by atoms with van der Waals surface area (Å²) in [6, 6.07) is 0. The molecule has 0 aromatic heterocycles. The standard InChI is InChI=1S/C12H24OS2/c1-3-4-5-6-7-8-9-10-12(14)15-11(2)13/h12,14H,3-10H2,1-2H3. The molecule has 1 nitrogen and oxygen atoms in total. The Labute approximate surface area is 104 Å². The highest BCUT2D eigenvalue weighted by atomic mass is 32.2. The molecule has 0 rings (SSSR count). The van der Waals surface area contributed by atoms with E-state index < -0.39 is 0 Å². The van der Waals surface area contributed by atoms with Crippen LogP contribution in [0.15, 0.2) is 0 Å². The molecule has 0 fully saturated rings. The van der Waals surface area contributed by atoms with Crippen molar-refractivity contribution in [3.63, 3.8) is 0 Å². The first kappa shape index (κ1) is 15.4. The molecule has 90 valence electrons. The molecule has 0 radical (unpaired) electrons. The smallest absolute Gasteiger partial charge is 0.186 e. The molecule has 0 saturated heterocycles. The molecular formula is C12H24OS2. The molecule has 0 aliphatic rings. The van der Waals surface area contributed by atoms with Crippen LogP contribution in [0.4, 0.5) is 0 Å². The number of unbranched alkanes of at least 4 members (excludes halogenated alkanes) is 6. The second-order valence-corrected chi connectivity index (χ2v) is 6.33. The van der Waals surface area contributed by atoms with Gasteiger partial charge in [0.1, 0.15) is 0 Å². The number of thioether (sulfide) groups is 1. The van der Waals surface area contributed by atoms with Crippen molar-refractivity contribution >= 4 is 29.5 Å². The van der Waals surface area contributed by atoms with Crippen LogP contribution in [0.5, 0.6) is 0 Å². The van der Waals surface area contributed by atoms with Crippen LogP contribution in [0.1, 0.15) is 65.2 Å². The predicted octanol–water partition coefficient (Wildman–Crippen LogP) is 4.66. The van der Waals surface area contributed by atoms with Gasteiger partial charge in [-0.3, -0.25) is 4.79 Å². The molecular weight excluding hydrogens is 224 g/mol. The molecule has 0 N–H and O–H groups in total. The van der Waals surface area contributed by atoms with Crippen LogP contribution in [0.25, 0.3) is 0 Å². The molecule has 1 unspecified atom stereocenters. The van der Waals surface area contributed by atoms with E-state index in [4.69, 9.17) is 0 Å². The molecule has 0 heterocycles.